The van der Waals surface area contributed by atoms with Gasteiger partial charge in [-0.25, -0.2) is 0 Å². The number of carbonyl (C=O) groups is 1. The van der Waals surface area contributed by atoms with Crippen LogP contribution in [0.5, 0.6) is 0 Å². The fourth-order valence-corrected chi connectivity index (χ4v) is 6.60. The van der Waals surface area contributed by atoms with Crippen molar-refractivity contribution < 1.29 is 34.5 Å². The molecule has 12 heavy (non-hydrogen) atoms. The molecule has 0 spiro atoms. The van der Waals surface area contributed by atoms with Gasteiger partial charge in [0.2, 0.25) is 0 Å². The quantitative estimate of drug-likeness (QED) is 0.834. The third-order valence-corrected chi connectivity index (χ3v) is 9.21. The summed E-state index contributed by atoms with van der Waals surface area (Å²) in [4.78, 5) is 10.6. The Labute approximate surface area is 84.0 Å². The molecule has 0 aliphatic carbocycles. The monoisotopic (exact) mass is 352 g/mol. The van der Waals surface area contributed by atoms with Gasteiger partial charge in [0, 0.05) is 0 Å². The Morgan fingerprint density at radius 3 is 2.50 bits per heavy atom. The van der Waals surface area contributed by atoms with Crippen molar-refractivity contribution in [3.8, 4) is 0 Å². The fourth-order valence-electron chi connectivity index (χ4n) is 1.05. The zero-order valence-electron chi connectivity index (χ0n) is 7.03. The van der Waals surface area contributed by atoms with E-state index < -0.39 is 30.5 Å². The van der Waals surface area contributed by atoms with Crippen LogP contribution in [0.3, 0.4) is 0 Å². The van der Waals surface area contributed by atoms with E-state index in [1.807, 2.05) is 37.3 Å². The molecule has 0 saturated carbocycles. The number of rotatable bonds is 3. The Kier molecular flexibility index (Phi) is 3.72. The van der Waals surface area contributed by atoms with Crippen LogP contribution in [-0.2, 0) is 29.4 Å². The van der Waals surface area contributed by atoms with Gasteiger partial charge >= 0.3 is 84.2 Å². The molecule has 1 unspecified atom stereocenters. The number of hydrogen-bond donors (Lipinski definition) is 1. The van der Waals surface area contributed by atoms with E-state index in [0.29, 0.717) is 0 Å². The number of carboxylic acid groups (broad SMARTS) is 1. The van der Waals surface area contributed by atoms with Crippen LogP contribution in [0.15, 0.2) is 30.3 Å². The molecular formula is C9H10HgO2. The second-order valence-corrected chi connectivity index (χ2v) is 12.5. The van der Waals surface area contributed by atoms with Crippen molar-refractivity contribution >= 4 is 9.04 Å². The molecule has 0 aromatic heterocycles. The molecule has 0 saturated heterocycles. The van der Waals surface area contributed by atoms with Gasteiger partial charge in [0.25, 0.3) is 0 Å². The Morgan fingerprint density at radius 1 is 1.42 bits per heavy atom. The van der Waals surface area contributed by atoms with Crippen LogP contribution in [0.25, 0.3) is 0 Å². The molecule has 60 valence electrons. The first kappa shape index (κ1) is 9.71. The van der Waals surface area contributed by atoms with Gasteiger partial charge in [-0.2, -0.15) is 0 Å². The number of benzene rings is 1. The van der Waals surface area contributed by atoms with Crippen molar-refractivity contribution in [3.63, 3.8) is 0 Å². The molecule has 1 aromatic carbocycles. The summed E-state index contributed by atoms with van der Waals surface area (Å²) in [7, 11) is 0. The first-order valence-electron chi connectivity index (χ1n) is 3.97. The molecule has 0 heterocycles. The molecule has 1 rings (SSSR count). The molecule has 0 radical (unpaired) electrons. The molecule has 0 aliphatic heterocycles. The van der Waals surface area contributed by atoms with Gasteiger partial charge in [-0.05, 0) is 0 Å². The normalized spacial score (nSPS) is 11.8. The third kappa shape index (κ3) is 2.93. The maximum atomic E-state index is 10.6. The van der Waals surface area contributed by atoms with Crippen LogP contribution in [0, 0.1) is 0 Å². The van der Waals surface area contributed by atoms with Gasteiger partial charge in [0.1, 0.15) is 0 Å². The molecule has 1 N–H and O–H groups in total. The zero-order valence-corrected chi connectivity index (χ0v) is 12.5. The van der Waals surface area contributed by atoms with Crippen molar-refractivity contribution in [1.82, 2.24) is 0 Å². The second kappa shape index (κ2) is 4.60. The topological polar surface area (TPSA) is 37.3 Å². The van der Waals surface area contributed by atoms with Crippen molar-refractivity contribution in [3.05, 3.63) is 30.3 Å². The minimum absolute atomic E-state index is 0.0765. The van der Waals surface area contributed by atoms with Gasteiger partial charge in [0.15, 0.2) is 0 Å². The predicted molar refractivity (Wildman–Crippen MR) is 43.1 cm³/mol. The predicted octanol–water partition coefficient (Wildman–Crippen LogP) is 1.29. The van der Waals surface area contributed by atoms with E-state index >= 15 is 0 Å². The average molecular weight is 351 g/mol. The molecule has 0 amide bonds. The standard InChI is InChI=1S/C6H5.C3H5O2.Hg/c1-2-4-6-5-3-1;1-2-3(4)5;/h1-5H;2H,1H3,(H,4,5);. The van der Waals surface area contributed by atoms with Gasteiger partial charge in [-0.15, -0.1) is 0 Å². The molecule has 0 bridgehead atoms. The fraction of sp³-hybridized carbons (Fsp3) is 0.222. The molecule has 0 aliphatic rings. The van der Waals surface area contributed by atoms with E-state index in [0.717, 1.165) is 0 Å². The van der Waals surface area contributed by atoms with Gasteiger partial charge in [-0.1, -0.05) is 0 Å². The van der Waals surface area contributed by atoms with Crippen molar-refractivity contribution in [2.45, 2.75) is 10.4 Å². The Bertz CT molecular complexity index is 258. The van der Waals surface area contributed by atoms with Crippen LogP contribution < -0.4 is 3.07 Å². The summed E-state index contributed by atoms with van der Waals surface area (Å²) < 4.78 is 1.22. The van der Waals surface area contributed by atoms with Crippen molar-refractivity contribution in [1.29, 1.82) is 0 Å². The molecule has 1 aromatic rings. The van der Waals surface area contributed by atoms with E-state index in [4.69, 9.17) is 5.11 Å². The summed E-state index contributed by atoms with van der Waals surface area (Å²) in [6.07, 6.45) is 0. The first-order chi connectivity index (χ1) is 5.70. The first-order valence-corrected chi connectivity index (χ1v) is 9.89. The molecule has 0 fully saturated rings. The Balaban J connectivity index is 2.58. The van der Waals surface area contributed by atoms with Crippen LogP contribution in [0.4, 0.5) is 0 Å². The van der Waals surface area contributed by atoms with Crippen LogP contribution in [0.1, 0.15) is 6.92 Å². The van der Waals surface area contributed by atoms with Crippen LogP contribution >= 0.6 is 0 Å². The van der Waals surface area contributed by atoms with Crippen LogP contribution in [-0.4, -0.2) is 11.1 Å². The van der Waals surface area contributed by atoms with E-state index in [1.54, 1.807) is 0 Å². The number of hydrogen-bond acceptors (Lipinski definition) is 1. The van der Waals surface area contributed by atoms with Crippen molar-refractivity contribution in [2.24, 2.45) is 0 Å². The summed E-state index contributed by atoms with van der Waals surface area (Å²) in [5.74, 6) is -0.638. The van der Waals surface area contributed by atoms with Gasteiger partial charge < -0.3 is 0 Å². The molecule has 3 heteroatoms. The molecule has 1 atom stereocenters. The maximum absolute atomic E-state index is 10.6. The summed E-state index contributed by atoms with van der Waals surface area (Å²) in [5, 5.41) is 8.70. The Hall–Kier alpha value is -0.375. The van der Waals surface area contributed by atoms with Gasteiger partial charge in [0.05, 0.1) is 0 Å². The minimum atomic E-state index is -1.38. The average Bonchev–Trinajstić information content (AvgIpc) is 2.06. The SMILES string of the molecule is C[CH]([Hg][c]1ccccc1)C(=O)O. The van der Waals surface area contributed by atoms with Crippen molar-refractivity contribution in [2.75, 3.05) is 0 Å². The summed E-state index contributed by atoms with van der Waals surface area (Å²) in [6.45, 7) is 1.82. The number of aliphatic carboxylic acids is 1. The van der Waals surface area contributed by atoms with Crippen LogP contribution in [0.2, 0.25) is 3.43 Å². The summed E-state index contributed by atoms with van der Waals surface area (Å²) in [6, 6.07) is 10.00. The number of carboxylic acids is 1. The van der Waals surface area contributed by atoms with Gasteiger partial charge in [-0.3, -0.25) is 0 Å². The van der Waals surface area contributed by atoms with E-state index in [2.05, 4.69) is 0 Å². The molecular weight excluding hydrogens is 341 g/mol. The van der Waals surface area contributed by atoms with E-state index in [-0.39, 0.29) is 3.43 Å². The summed E-state index contributed by atoms with van der Waals surface area (Å²) >= 11 is -1.38. The van der Waals surface area contributed by atoms with E-state index in [9.17, 15) is 4.79 Å². The zero-order chi connectivity index (χ0) is 8.97. The summed E-state index contributed by atoms with van der Waals surface area (Å²) in [5.41, 5.74) is 0. The molecule has 2 nitrogen and oxygen atoms in total. The van der Waals surface area contributed by atoms with E-state index in [1.165, 1.54) is 3.07 Å². The third-order valence-electron chi connectivity index (χ3n) is 1.81. The second-order valence-electron chi connectivity index (χ2n) is 2.93. The Morgan fingerprint density at radius 2 is 2.00 bits per heavy atom.